The van der Waals surface area contributed by atoms with E-state index in [4.69, 9.17) is 4.74 Å². The molecule has 0 bridgehead atoms. The zero-order valence-electron chi connectivity index (χ0n) is 14.8. The van der Waals surface area contributed by atoms with Crippen molar-refractivity contribution in [3.05, 3.63) is 84.2 Å². The first-order valence-corrected chi connectivity index (χ1v) is 8.55. The van der Waals surface area contributed by atoms with Gasteiger partial charge in [-0.25, -0.2) is 9.50 Å². The van der Waals surface area contributed by atoms with Crippen LogP contribution in [0.1, 0.15) is 15.9 Å². The smallest absolute Gasteiger partial charge is 0.257 e. The minimum Gasteiger partial charge on any atom is -0.497 e. The number of rotatable bonds is 5. The maximum absolute atomic E-state index is 12.6. The first-order chi connectivity index (χ1) is 13.3. The van der Waals surface area contributed by atoms with Crippen molar-refractivity contribution in [1.29, 1.82) is 0 Å². The molecule has 0 aliphatic heterocycles. The zero-order valence-corrected chi connectivity index (χ0v) is 14.8. The average Bonchev–Trinajstić information content (AvgIpc) is 3.17. The molecule has 0 radical (unpaired) electrons. The van der Waals surface area contributed by atoms with Gasteiger partial charge in [-0.3, -0.25) is 4.79 Å². The van der Waals surface area contributed by atoms with Crippen LogP contribution in [0.5, 0.6) is 5.75 Å². The van der Waals surface area contributed by atoms with Crippen molar-refractivity contribution < 1.29 is 9.53 Å². The number of amides is 1. The van der Waals surface area contributed by atoms with E-state index < -0.39 is 0 Å². The highest BCUT2D eigenvalue weighted by Gasteiger charge is 2.16. The SMILES string of the molecule is COc1ccc(CNC(=O)c2cnn3c(-c4ccccc4)ccnc23)cc1. The van der Waals surface area contributed by atoms with E-state index in [-0.39, 0.29) is 5.91 Å². The van der Waals surface area contributed by atoms with Gasteiger partial charge in [0.05, 0.1) is 19.0 Å². The van der Waals surface area contributed by atoms with Gasteiger partial charge in [-0.1, -0.05) is 42.5 Å². The number of carbonyl (C=O) groups excluding carboxylic acids is 1. The molecule has 2 aromatic heterocycles. The van der Waals surface area contributed by atoms with Gasteiger partial charge >= 0.3 is 0 Å². The summed E-state index contributed by atoms with van der Waals surface area (Å²) in [5, 5.41) is 7.29. The molecular weight excluding hydrogens is 340 g/mol. The number of carbonyl (C=O) groups is 1. The van der Waals surface area contributed by atoms with E-state index in [1.807, 2.05) is 60.7 Å². The number of aromatic nitrogens is 3. The Labute approximate surface area is 156 Å². The Kier molecular flexibility index (Phi) is 4.53. The van der Waals surface area contributed by atoms with Crippen LogP contribution in [0.4, 0.5) is 0 Å². The van der Waals surface area contributed by atoms with Crippen LogP contribution >= 0.6 is 0 Å². The molecule has 134 valence electrons. The molecule has 0 aliphatic carbocycles. The van der Waals surface area contributed by atoms with Crippen molar-refractivity contribution in [3.8, 4) is 17.0 Å². The van der Waals surface area contributed by atoms with Gasteiger partial charge in [-0.2, -0.15) is 5.10 Å². The third kappa shape index (κ3) is 3.37. The van der Waals surface area contributed by atoms with E-state index in [1.165, 1.54) is 0 Å². The quantitative estimate of drug-likeness (QED) is 0.594. The van der Waals surface area contributed by atoms with Crippen molar-refractivity contribution in [3.63, 3.8) is 0 Å². The van der Waals surface area contributed by atoms with Crippen molar-refractivity contribution >= 4 is 11.6 Å². The predicted octanol–water partition coefficient (Wildman–Crippen LogP) is 3.33. The molecule has 4 aromatic rings. The van der Waals surface area contributed by atoms with Gasteiger partial charge < -0.3 is 10.1 Å². The Bertz CT molecular complexity index is 1070. The van der Waals surface area contributed by atoms with Crippen molar-refractivity contribution in [2.45, 2.75) is 6.54 Å². The maximum Gasteiger partial charge on any atom is 0.257 e. The molecular formula is C21H18N4O2. The second-order valence-electron chi connectivity index (χ2n) is 6.02. The van der Waals surface area contributed by atoms with Crippen LogP contribution in [-0.2, 0) is 6.54 Å². The van der Waals surface area contributed by atoms with E-state index in [9.17, 15) is 4.79 Å². The number of nitrogens with zero attached hydrogens (tertiary/aromatic N) is 3. The summed E-state index contributed by atoms with van der Waals surface area (Å²) in [6, 6.07) is 19.3. The Balaban J connectivity index is 1.57. The Hall–Kier alpha value is -3.67. The van der Waals surface area contributed by atoms with E-state index in [0.29, 0.717) is 17.8 Å². The third-order valence-corrected chi connectivity index (χ3v) is 4.33. The van der Waals surface area contributed by atoms with E-state index in [0.717, 1.165) is 22.6 Å². The molecule has 4 rings (SSSR count). The fourth-order valence-electron chi connectivity index (χ4n) is 2.90. The highest BCUT2D eigenvalue weighted by Crippen LogP contribution is 2.20. The van der Waals surface area contributed by atoms with Gasteiger partial charge in [0.1, 0.15) is 11.3 Å². The largest absolute Gasteiger partial charge is 0.497 e. The van der Waals surface area contributed by atoms with Crippen LogP contribution in [0.25, 0.3) is 16.9 Å². The predicted molar refractivity (Wildman–Crippen MR) is 103 cm³/mol. The molecule has 2 heterocycles. The minimum atomic E-state index is -0.210. The van der Waals surface area contributed by atoms with Gasteiger partial charge in [0.15, 0.2) is 5.65 Å². The Morgan fingerprint density at radius 3 is 2.59 bits per heavy atom. The summed E-state index contributed by atoms with van der Waals surface area (Å²) < 4.78 is 6.83. The fourth-order valence-corrected chi connectivity index (χ4v) is 2.90. The minimum absolute atomic E-state index is 0.210. The summed E-state index contributed by atoms with van der Waals surface area (Å²) >= 11 is 0. The Morgan fingerprint density at radius 2 is 1.85 bits per heavy atom. The van der Waals surface area contributed by atoms with E-state index in [1.54, 1.807) is 24.0 Å². The van der Waals surface area contributed by atoms with Crippen molar-refractivity contribution in [2.75, 3.05) is 7.11 Å². The van der Waals surface area contributed by atoms with Crippen LogP contribution in [0.3, 0.4) is 0 Å². The molecule has 0 saturated carbocycles. The highest BCUT2D eigenvalue weighted by molar-refractivity contribution is 5.99. The van der Waals surface area contributed by atoms with Crippen LogP contribution in [0.15, 0.2) is 73.1 Å². The van der Waals surface area contributed by atoms with Crippen LogP contribution < -0.4 is 10.1 Å². The van der Waals surface area contributed by atoms with Gasteiger partial charge in [0.2, 0.25) is 0 Å². The molecule has 1 amide bonds. The van der Waals surface area contributed by atoms with E-state index in [2.05, 4.69) is 15.4 Å². The fraction of sp³-hybridized carbons (Fsp3) is 0.0952. The molecule has 0 fully saturated rings. The van der Waals surface area contributed by atoms with Crippen molar-refractivity contribution in [1.82, 2.24) is 19.9 Å². The standard InChI is InChI=1S/C21H18N4O2/c1-27-17-9-7-15(8-10-17)13-23-21(26)18-14-24-25-19(11-12-22-20(18)25)16-5-3-2-4-6-16/h2-12,14H,13H2,1H3,(H,23,26). The number of hydrogen-bond donors (Lipinski definition) is 1. The average molecular weight is 358 g/mol. The maximum atomic E-state index is 12.6. The summed E-state index contributed by atoms with van der Waals surface area (Å²) in [7, 11) is 1.62. The molecule has 0 atom stereocenters. The lowest BCUT2D eigenvalue weighted by atomic mass is 10.1. The zero-order chi connectivity index (χ0) is 18.6. The van der Waals surface area contributed by atoms with Gasteiger partial charge in [-0.15, -0.1) is 0 Å². The molecule has 0 unspecified atom stereocenters. The lowest BCUT2D eigenvalue weighted by Gasteiger charge is -2.06. The molecule has 2 aromatic carbocycles. The highest BCUT2D eigenvalue weighted by atomic mass is 16.5. The van der Waals surface area contributed by atoms with Crippen LogP contribution in [0.2, 0.25) is 0 Å². The molecule has 27 heavy (non-hydrogen) atoms. The molecule has 1 N–H and O–H groups in total. The second kappa shape index (κ2) is 7.29. The first kappa shape index (κ1) is 16.8. The lowest BCUT2D eigenvalue weighted by molar-refractivity contribution is 0.0952. The molecule has 0 aliphatic rings. The number of ether oxygens (including phenoxy) is 1. The summed E-state index contributed by atoms with van der Waals surface area (Å²) in [4.78, 5) is 17.0. The van der Waals surface area contributed by atoms with Gasteiger partial charge in [0.25, 0.3) is 5.91 Å². The van der Waals surface area contributed by atoms with Gasteiger partial charge in [0, 0.05) is 18.3 Å². The molecule has 6 nitrogen and oxygen atoms in total. The molecule has 6 heteroatoms. The van der Waals surface area contributed by atoms with E-state index >= 15 is 0 Å². The summed E-state index contributed by atoms with van der Waals surface area (Å²) in [5.41, 5.74) is 3.86. The summed E-state index contributed by atoms with van der Waals surface area (Å²) in [6.07, 6.45) is 3.25. The molecule has 0 spiro atoms. The van der Waals surface area contributed by atoms with Crippen molar-refractivity contribution in [2.24, 2.45) is 0 Å². The summed E-state index contributed by atoms with van der Waals surface area (Å²) in [6.45, 7) is 0.415. The topological polar surface area (TPSA) is 68.5 Å². The summed E-state index contributed by atoms with van der Waals surface area (Å²) in [5.74, 6) is 0.573. The second-order valence-corrected chi connectivity index (χ2v) is 6.02. The number of nitrogens with one attached hydrogen (secondary N) is 1. The lowest BCUT2D eigenvalue weighted by Crippen LogP contribution is -2.22. The van der Waals surface area contributed by atoms with Gasteiger partial charge in [-0.05, 0) is 23.8 Å². The number of methoxy groups -OCH3 is 1. The monoisotopic (exact) mass is 358 g/mol. The normalized spacial score (nSPS) is 10.7. The van der Waals surface area contributed by atoms with Crippen LogP contribution in [-0.4, -0.2) is 27.6 Å². The first-order valence-electron chi connectivity index (χ1n) is 8.55. The number of hydrogen-bond acceptors (Lipinski definition) is 4. The Morgan fingerprint density at radius 1 is 1.07 bits per heavy atom. The number of fused-ring (bicyclic) bond motifs is 1. The number of benzene rings is 2. The third-order valence-electron chi connectivity index (χ3n) is 4.33. The van der Waals surface area contributed by atoms with Crippen LogP contribution in [0, 0.1) is 0 Å². The molecule has 0 saturated heterocycles.